The summed E-state index contributed by atoms with van der Waals surface area (Å²) in [5.74, 6) is -0.190. The van der Waals surface area contributed by atoms with Crippen molar-refractivity contribution in [1.29, 1.82) is 15.8 Å². The number of nitriles is 3. The van der Waals surface area contributed by atoms with Crippen molar-refractivity contribution in [3.05, 3.63) is 41.1 Å². The van der Waals surface area contributed by atoms with Crippen LogP contribution in [0.25, 0.3) is 0 Å². The third-order valence-corrected chi connectivity index (χ3v) is 2.34. The fraction of sp³-hybridized carbons (Fsp3) is 0.143. The van der Waals surface area contributed by atoms with Crippen molar-refractivity contribution >= 4 is 11.6 Å². The lowest BCUT2D eigenvalue weighted by Gasteiger charge is -2.06. The molecule has 2 N–H and O–H groups in total. The summed E-state index contributed by atoms with van der Waals surface area (Å²) in [5.41, 5.74) is 0.583. The van der Waals surface area contributed by atoms with E-state index in [-0.39, 0.29) is 17.2 Å². The summed E-state index contributed by atoms with van der Waals surface area (Å²) in [6.07, 6.45) is 0. The van der Waals surface area contributed by atoms with Crippen LogP contribution >= 0.6 is 0 Å². The van der Waals surface area contributed by atoms with Gasteiger partial charge in [0.15, 0.2) is 5.57 Å². The van der Waals surface area contributed by atoms with E-state index < -0.39 is 0 Å². The monoisotopic (exact) mass is 265 g/mol. The van der Waals surface area contributed by atoms with Gasteiger partial charge in [-0.1, -0.05) is 0 Å². The zero-order valence-corrected chi connectivity index (χ0v) is 10.8. The first-order valence-electron chi connectivity index (χ1n) is 5.76. The first-order chi connectivity index (χ1) is 9.65. The molecule has 0 radical (unpaired) electrons. The van der Waals surface area contributed by atoms with Gasteiger partial charge in [-0.3, -0.25) is 4.79 Å². The van der Waals surface area contributed by atoms with E-state index in [9.17, 15) is 4.79 Å². The fourth-order valence-electron chi connectivity index (χ4n) is 1.40. The minimum absolute atomic E-state index is 0.124. The van der Waals surface area contributed by atoms with Crippen LogP contribution in [0.2, 0.25) is 0 Å². The second-order valence-corrected chi connectivity index (χ2v) is 3.65. The number of hydrogen-bond donors (Lipinski definition) is 2. The van der Waals surface area contributed by atoms with Gasteiger partial charge in [-0.15, -0.1) is 0 Å². The largest absolute Gasteiger partial charge is 0.352 e. The van der Waals surface area contributed by atoms with E-state index in [4.69, 9.17) is 15.8 Å². The van der Waals surface area contributed by atoms with Crippen molar-refractivity contribution in [3.8, 4) is 18.2 Å². The van der Waals surface area contributed by atoms with Crippen LogP contribution in [0.1, 0.15) is 17.3 Å². The molecule has 0 saturated carbocycles. The van der Waals surface area contributed by atoms with Gasteiger partial charge in [0.2, 0.25) is 0 Å². The molecule has 1 aromatic carbocycles. The summed E-state index contributed by atoms with van der Waals surface area (Å²) in [4.78, 5) is 11.6. The summed E-state index contributed by atoms with van der Waals surface area (Å²) in [6.45, 7) is 2.36. The highest BCUT2D eigenvalue weighted by Crippen LogP contribution is 2.13. The van der Waals surface area contributed by atoms with Crippen LogP contribution in [0.15, 0.2) is 35.5 Å². The normalized spacial score (nSPS) is 8.50. The number of allylic oxidation sites excluding steroid dienone is 2. The third-order valence-electron chi connectivity index (χ3n) is 2.34. The van der Waals surface area contributed by atoms with Gasteiger partial charge < -0.3 is 10.6 Å². The first-order valence-corrected chi connectivity index (χ1v) is 5.76. The van der Waals surface area contributed by atoms with Crippen LogP contribution < -0.4 is 10.6 Å². The molecular weight excluding hydrogens is 254 g/mol. The Labute approximate surface area is 116 Å². The highest BCUT2D eigenvalue weighted by atomic mass is 16.1. The maximum atomic E-state index is 11.6. The predicted octanol–water partition coefficient (Wildman–Crippen LogP) is 1.67. The van der Waals surface area contributed by atoms with Crippen molar-refractivity contribution in [2.45, 2.75) is 6.92 Å². The van der Waals surface area contributed by atoms with Crippen LogP contribution in [0.4, 0.5) is 5.69 Å². The molecule has 0 saturated heterocycles. The third kappa shape index (κ3) is 3.60. The summed E-state index contributed by atoms with van der Waals surface area (Å²) in [5, 5.41) is 31.6. The van der Waals surface area contributed by atoms with Gasteiger partial charge in [-0.2, -0.15) is 15.8 Å². The number of hydrogen-bond acceptors (Lipinski definition) is 5. The lowest BCUT2D eigenvalue weighted by Crippen LogP contribution is -2.22. The average Bonchev–Trinajstić information content (AvgIpc) is 2.48. The van der Waals surface area contributed by atoms with E-state index in [1.54, 1.807) is 42.5 Å². The van der Waals surface area contributed by atoms with Crippen LogP contribution in [-0.4, -0.2) is 12.5 Å². The molecule has 0 aliphatic heterocycles. The summed E-state index contributed by atoms with van der Waals surface area (Å²) >= 11 is 0. The molecule has 0 unspecified atom stereocenters. The van der Waals surface area contributed by atoms with Crippen molar-refractivity contribution in [2.75, 3.05) is 11.9 Å². The Morgan fingerprint density at radius 3 is 2.15 bits per heavy atom. The number of benzene rings is 1. The fourth-order valence-corrected chi connectivity index (χ4v) is 1.40. The number of rotatable bonds is 4. The van der Waals surface area contributed by atoms with E-state index in [1.165, 1.54) is 0 Å². The number of nitrogens with one attached hydrogen (secondary N) is 2. The van der Waals surface area contributed by atoms with Crippen molar-refractivity contribution in [3.63, 3.8) is 0 Å². The Morgan fingerprint density at radius 1 is 1.10 bits per heavy atom. The standard InChI is InChI=1S/C14H11N5O/c1-2-18-14(20)10-3-5-12(6-4-10)19-13(9-17)11(7-15)8-16/h3-6,19H,2H2,1H3,(H,18,20). The number of amides is 1. The molecule has 1 aromatic rings. The average molecular weight is 265 g/mol. The molecule has 0 aromatic heterocycles. The zero-order valence-electron chi connectivity index (χ0n) is 10.8. The summed E-state index contributed by atoms with van der Waals surface area (Å²) in [6, 6.07) is 11.4. The number of carbonyl (C=O) groups is 1. The molecule has 0 atom stereocenters. The van der Waals surface area contributed by atoms with Gasteiger partial charge >= 0.3 is 0 Å². The van der Waals surface area contributed by atoms with Gasteiger partial charge in [0.25, 0.3) is 5.91 Å². The molecule has 1 rings (SSSR count). The highest BCUT2D eigenvalue weighted by Gasteiger charge is 2.07. The van der Waals surface area contributed by atoms with E-state index in [2.05, 4.69) is 10.6 Å². The van der Waals surface area contributed by atoms with Crippen LogP contribution in [0, 0.1) is 34.0 Å². The Balaban J connectivity index is 2.94. The number of anilines is 1. The molecule has 0 bridgehead atoms. The summed E-state index contributed by atoms with van der Waals surface area (Å²) < 4.78 is 0. The van der Waals surface area contributed by atoms with Gasteiger partial charge in [0.05, 0.1) is 0 Å². The van der Waals surface area contributed by atoms with Crippen molar-refractivity contribution < 1.29 is 4.79 Å². The van der Waals surface area contributed by atoms with Gasteiger partial charge in [0.1, 0.15) is 23.9 Å². The van der Waals surface area contributed by atoms with Gasteiger partial charge in [-0.05, 0) is 31.2 Å². The van der Waals surface area contributed by atoms with Crippen LogP contribution in [0.5, 0.6) is 0 Å². The molecular formula is C14H11N5O. The van der Waals surface area contributed by atoms with E-state index in [0.717, 1.165) is 0 Å². The van der Waals surface area contributed by atoms with Gasteiger partial charge in [0, 0.05) is 17.8 Å². The minimum Gasteiger partial charge on any atom is -0.352 e. The van der Waals surface area contributed by atoms with Crippen molar-refractivity contribution in [1.82, 2.24) is 5.32 Å². The molecule has 0 aliphatic carbocycles. The SMILES string of the molecule is CCNC(=O)c1ccc(NC(C#N)=C(C#N)C#N)cc1. The smallest absolute Gasteiger partial charge is 0.251 e. The Hall–Kier alpha value is -3.30. The van der Waals surface area contributed by atoms with E-state index in [0.29, 0.717) is 17.8 Å². The van der Waals surface area contributed by atoms with Crippen LogP contribution in [0.3, 0.4) is 0 Å². The lowest BCUT2D eigenvalue weighted by atomic mass is 10.2. The Morgan fingerprint density at radius 2 is 1.70 bits per heavy atom. The molecule has 98 valence electrons. The predicted molar refractivity (Wildman–Crippen MR) is 71.9 cm³/mol. The molecule has 20 heavy (non-hydrogen) atoms. The molecule has 0 aliphatic rings. The maximum absolute atomic E-state index is 11.6. The second-order valence-electron chi connectivity index (χ2n) is 3.65. The molecule has 0 heterocycles. The summed E-state index contributed by atoms with van der Waals surface area (Å²) in [7, 11) is 0. The number of carbonyl (C=O) groups excluding carboxylic acids is 1. The Bertz CT molecular complexity index is 637. The molecule has 0 fully saturated rings. The van der Waals surface area contributed by atoms with Crippen molar-refractivity contribution in [2.24, 2.45) is 0 Å². The molecule has 0 spiro atoms. The topological polar surface area (TPSA) is 112 Å². The van der Waals surface area contributed by atoms with E-state index >= 15 is 0 Å². The first kappa shape index (κ1) is 14.8. The quantitative estimate of drug-likeness (QED) is 0.804. The molecule has 6 heteroatoms. The van der Waals surface area contributed by atoms with Gasteiger partial charge in [-0.25, -0.2) is 0 Å². The second kappa shape index (κ2) is 7.20. The molecule has 6 nitrogen and oxygen atoms in total. The van der Waals surface area contributed by atoms with Crippen LogP contribution in [-0.2, 0) is 0 Å². The highest BCUT2D eigenvalue weighted by molar-refractivity contribution is 5.94. The maximum Gasteiger partial charge on any atom is 0.251 e. The minimum atomic E-state index is -0.291. The lowest BCUT2D eigenvalue weighted by molar-refractivity contribution is 0.0956. The molecule has 1 amide bonds. The van der Waals surface area contributed by atoms with E-state index in [1.807, 2.05) is 6.92 Å². The Kier molecular flexibility index (Phi) is 5.32. The zero-order chi connectivity index (χ0) is 15.0. The number of nitrogens with zero attached hydrogens (tertiary/aromatic N) is 3.